The Morgan fingerprint density at radius 2 is 2.11 bits per heavy atom. The van der Waals surface area contributed by atoms with Crippen LogP contribution in [0.3, 0.4) is 0 Å². The second kappa shape index (κ2) is 7.71. The number of furan rings is 1. The van der Waals surface area contributed by atoms with Gasteiger partial charge in [0.25, 0.3) is 0 Å². The van der Waals surface area contributed by atoms with Crippen LogP contribution in [0.5, 0.6) is 0 Å². The first-order chi connectivity index (χ1) is 9.38. The highest BCUT2D eigenvalue weighted by Crippen LogP contribution is 2.02. The van der Waals surface area contributed by atoms with Gasteiger partial charge in [-0.3, -0.25) is 9.88 Å². The molecule has 2 heterocycles. The quantitative estimate of drug-likeness (QED) is 0.739. The Kier molecular flexibility index (Phi) is 5.59. The number of aromatic nitrogens is 1. The zero-order valence-corrected chi connectivity index (χ0v) is 11.4. The van der Waals surface area contributed by atoms with Gasteiger partial charge >= 0.3 is 0 Å². The van der Waals surface area contributed by atoms with Crippen LogP contribution in [0.1, 0.15) is 18.2 Å². The van der Waals surface area contributed by atoms with Gasteiger partial charge in [0.2, 0.25) is 0 Å². The number of hydrogen-bond acceptors (Lipinski definition) is 4. The van der Waals surface area contributed by atoms with Crippen molar-refractivity contribution >= 4 is 0 Å². The molecule has 0 atom stereocenters. The van der Waals surface area contributed by atoms with E-state index in [1.807, 2.05) is 24.5 Å². The molecule has 0 amide bonds. The minimum Gasteiger partial charge on any atom is -0.468 e. The molecule has 0 unspecified atom stereocenters. The first-order valence-electron chi connectivity index (χ1n) is 6.73. The zero-order chi connectivity index (χ0) is 13.3. The molecule has 0 spiro atoms. The van der Waals surface area contributed by atoms with Crippen LogP contribution in [0, 0.1) is 0 Å². The summed E-state index contributed by atoms with van der Waals surface area (Å²) in [5.74, 6) is 0.984. The molecule has 0 aliphatic carbocycles. The van der Waals surface area contributed by atoms with Crippen LogP contribution in [0.4, 0.5) is 0 Å². The Balaban J connectivity index is 1.68. The van der Waals surface area contributed by atoms with Crippen molar-refractivity contribution < 1.29 is 4.42 Å². The van der Waals surface area contributed by atoms with Crippen molar-refractivity contribution in [1.29, 1.82) is 0 Å². The maximum atomic E-state index is 5.28. The lowest BCUT2D eigenvalue weighted by atomic mass is 10.2. The molecule has 0 aromatic carbocycles. The van der Waals surface area contributed by atoms with E-state index in [2.05, 4.69) is 34.3 Å². The SMILES string of the molecule is CCN(CCNCc1ccco1)Cc1ccncc1. The fourth-order valence-corrected chi connectivity index (χ4v) is 1.96. The number of rotatable bonds is 8. The molecule has 2 aromatic rings. The molecule has 0 saturated heterocycles. The molecule has 4 nitrogen and oxygen atoms in total. The Bertz CT molecular complexity index is 442. The van der Waals surface area contributed by atoms with Gasteiger partial charge in [-0.15, -0.1) is 0 Å². The summed E-state index contributed by atoms with van der Waals surface area (Å²) < 4.78 is 5.28. The van der Waals surface area contributed by atoms with Crippen molar-refractivity contribution in [2.75, 3.05) is 19.6 Å². The first-order valence-corrected chi connectivity index (χ1v) is 6.73. The van der Waals surface area contributed by atoms with Crippen LogP contribution in [-0.2, 0) is 13.1 Å². The van der Waals surface area contributed by atoms with Crippen molar-refractivity contribution in [2.45, 2.75) is 20.0 Å². The van der Waals surface area contributed by atoms with Gasteiger partial charge in [0, 0.05) is 32.0 Å². The van der Waals surface area contributed by atoms with Gasteiger partial charge in [0.05, 0.1) is 12.8 Å². The minimum absolute atomic E-state index is 0.791. The molecule has 102 valence electrons. The third-order valence-corrected chi connectivity index (χ3v) is 3.09. The Hall–Kier alpha value is -1.65. The molecule has 1 N–H and O–H groups in total. The largest absolute Gasteiger partial charge is 0.468 e. The summed E-state index contributed by atoms with van der Waals surface area (Å²) in [6.07, 6.45) is 5.40. The van der Waals surface area contributed by atoms with Crippen LogP contribution in [0.15, 0.2) is 47.3 Å². The smallest absolute Gasteiger partial charge is 0.117 e. The summed E-state index contributed by atoms with van der Waals surface area (Å²) in [5.41, 5.74) is 1.31. The zero-order valence-electron chi connectivity index (χ0n) is 11.4. The van der Waals surface area contributed by atoms with E-state index in [1.165, 1.54) is 5.56 Å². The summed E-state index contributed by atoms with van der Waals surface area (Å²) >= 11 is 0. The molecular weight excluding hydrogens is 238 g/mol. The number of pyridine rings is 1. The van der Waals surface area contributed by atoms with Gasteiger partial charge in [0.15, 0.2) is 0 Å². The second-order valence-corrected chi connectivity index (χ2v) is 4.48. The van der Waals surface area contributed by atoms with E-state index in [-0.39, 0.29) is 0 Å². The van der Waals surface area contributed by atoms with Gasteiger partial charge in [-0.1, -0.05) is 6.92 Å². The van der Waals surface area contributed by atoms with E-state index in [0.29, 0.717) is 0 Å². The molecule has 0 aliphatic heterocycles. The lowest BCUT2D eigenvalue weighted by Gasteiger charge is -2.20. The highest BCUT2D eigenvalue weighted by Gasteiger charge is 2.03. The van der Waals surface area contributed by atoms with Crippen molar-refractivity contribution in [3.8, 4) is 0 Å². The highest BCUT2D eigenvalue weighted by atomic mass is 16.3. The van der Waals surface area contributed by atoms with Gasteiger partial charge in [-0.2, -0.15) is 0 Å². The maximum absolute atomic E-state index is 5.28. The van der Waals surface area contributed by atoms with E-state index >= 15 is 0 Å². The summed E-state index contributed by atoms with van der Waals surface area (Å²) in [5, 5.41) is 3.39. The predicted molar refractivity (Wildman–Crippen MR) is 75.6 cm³/mol. The molecule has 0 fully saturated rings. The van der Waals surface area contributed by atoms with E-state index in [4.69, 9.17) is 4.42 Å². The fraction of sp³-hybridized carbons (Fsp3) is 0.400. The van der Waals surface area contributed by atoms with Crippen molar-refractivity contribution in [3.05, 3.63) is 54.2 Å². The second-order valence-electron chi connectivity index (χ2n) is 4.48. The van der Waals surface area contributed by atoms with Crippen LogP contribution in [-0.4, -0.2) is 29.5 Å². The third-order valence-electron chi connectivity index (χ3n) is 3.09. The van der Waals surface area contributed by atoms with Crippen LogP contribution >= 0.6 is 0 Å². The fourth-order valence-electron chi connectivity index (χ4n) is 1.96. The van der Waals surface area contributed by atoms with E-state index in [9.17, 15) is 0 Å². The van der Waals surface area contributed by atoms with Gasteiger partial charge in [-0.25, -0.2) is 0 Å². The Morgan fingerprint density at radius 3 is 2.79 bits per heavy atom. The summed E-state index contributed by atoms with van der Waals surface area (Å²) in [7, 11) is 0. The molecule has 0 bridgehead atoms. The predicted octanol–water partition coefficient (Wildman–Crippen LogP) is 2.29. The lowest BCUT2D eigenvalue weighted by Crippen LogP contribution is -2.31. The van der Waals surface area contributed by atoms with Crippen molar-refractivity contribution in [3.63, 3.8) is 0 Å². The number of hydrogen-bond donors (Lipinski definition) is 1. The van der Waals surface area contributed by atoms with Crippen LogP contribution in [0.25, 0.3) is 0 Å². The lowest BCUT2D eigenvalue weighted by molar-refractivity contribution is 0.277. The third kappa shape index (κ3) is 4.85. The standard InChI is InChI=1S/C15H21N3O/c1-2-18(13-14-5-7-16-8-6-14)10-9-17-12-15-4-3-11-19-15/h3-8,11,17H,2,9-10,12-13H2,1H3. The van der Waals surface area contributed by atoms with E-state index < -0.39 is 0 Å². The normalized spacial score (nSPS) is 11.1. The molecular formula is C15H21N3O. The highest BCUT2D eigenvalue weighted by molar-refractivity contribution is 5.09. The summed E-state index contributed by atoms with van der Waals surface area (Å²) in [6.45, 7) is 6.99. The molecule has 0 saturated carbocycles. The molecule has 2 rings (SSSR count). The van der Waals surface area contributed by atoms with E-state index in [1.54, 1.807) is 6.26 Å². The number of nitrogens with one attached hydrogen (secondary N) is 1. The first kappa shape index (κ1) is 13.8. The minimum atomic E-state index is 0.791. The van der Waals surface area contributed by atoms with Crippen LogP contribution in [0.2, 0.25) is 0 Å². The van der Waals surface area contributed by atoms with Gasteiger partial charge < -0.3 is 9.73 Å². The number of nitrogens with zero attached hydrogens (tertiary/aromatic N) is 2. The molecule has 0 aliphatic rings. The van der Waals surface area contributed by atoms with Gasteiger partial charge in [-0.05, 0) is 36.4 Å². The van der Waals surface area contributed by atoms with Crippen molar-refractivity contribution in [2.24, 2.45) is 0 Å². The van der Waals surface area contributed by atoms with Gasteiger partial charge in [0.1, 0.15) is 5.76 Å². The topological polar surface area (TPSA) is 41.3 Å². The molecule has 4 heteroatoms. The Morgan fingerprint density at radius 1 is 1.26 bits per heavy atom. The Labute approximate surface area is 114 Å². The number of likely N-dealkylation sites (N-methyl/N-ethyl adjacent to an activating group) is 1. The monoisotopic (exact) mass is 259 g/mol. The molecule has 0 radical (unpaired) electrons. The van der Waals surface area contributed by atoms with Crippen molar-refractivity contribution in [1.82, 2.24) is 15.2 Å². The summed E-state index contributed by atoms with van der Waals surface area (Å²) in [6, 6.07) is 8.04. The van der Waals surface area contributed by atoms with E-state index in [0.717, 1.165) is 38.5 Å². The molecule has 19 heavy (non-hydrogen) atoms. The van der Waals surface area contributed by atoms with Crippen LogP contribution < -0.4 is 5.32 Å². The average molecular weight is 259 g/mol. The summed E-state index contributed by atoms with van der Waals surface area (Å²) in [4.78, 5) is 6.45. The average Bonchev–Trinajstić information content (AvgIpc) is 2.96. The maximum Gasteiger partial charge on any atom is 0.117 e. The molecule has 2 aromatic heterocycles.